The van der Waals surface area contributed by atoms with E-state index in [-0.39, 0.29) is 0 Å². The molecule has 5 heteroatoms. The average molecular weight is 256 g/mol. The summed E-state index contributed by atoms with van der Waals surface area (Å²) in [7, 11) is 1.90. The van der Waals surface area contributed by atoms with Gasteiger partial charge in [0.15, 0.2) is 0 Å². The number of hydrogen-bond acceptors (Lipinski definition) is 2. The molecule has 1 aromatic heterocycles. The summed E-state index contributed by atoms with van der Waals surface area (Å²) in [5, 5.41) is 8.52. The molecule has 1 aromatic carbocycles. The average Bonchev–Trinajstić information content (AvgIpc) is 2.67. The summed E-state index contributed by atoms with van der Waals surface area (Å²) in [6, 6.07) is 5.35. The van der Waals surface area contributed by atoms with Gasteiger partial charge in [0, 0.05) is 23.3 Å². The van der Waals surface area contributed by atoms with Crippen LogP contribution < -0.4 is 5.32 Å². The Balaban J connectivity index is 2.35. The molecule has 3 nitrogen and oxygen atoms in total. The van der Waals surface area contributed by atoms with Crippen molar-refractivity contribution in [2.45, 2.75) is 6.54 Å². The molecule has 0 aliphatic carbocycles. The van der Waals surface area contributed by atoms with Gasteiger partial charge in [0.1, 0.15) is 0 Å². The molecule has 0 unspecified atom stereocenters. The van der Waals surface area contributed by atoms with Crippen LogP contribution >= 0.6 is 23.2 Å². The zero-order chi connectivity index (χ0) is 11.5. The van der Waals surface area contributed by atoms with Gasteiger partial charge in [0.05, 0.1) is 16.9 Å². The number of hydrogen-bond donors (Lipinski definition) is 1. The lowest BCUT2D eigenvalue weighted by Gasteiger charge is -2.04. The molecule has 0 saturated heterocycles. The van der Waals surface area contributed by atoms with Crippen LogP contribution in [0.2, 0.25) is 10.0 Å². The Bertz CT molecular complexity index is 494. The normalized spacial score (nSPS) is 10.7. The van der Waals surface area contributed by atoms with Gasteiger partial charge in [0.2, 0.25) is 0 Å². The van der Waals surface area contributed by atoms with E-state index in [9.17, 15) is 0 Å². The van der Waals surface area contributed by atoms with E-state index in [1.807, 2.05) is 19.3 Å². The van der Waals surface area contributed by atoms with E-state index in [1.165, 1.54) is 0 Å². The standard InChI is InChI=1S/C11H11Cl2N3/c1-14-5-8-6-15-16(7-8)11-3-2-9(12)4-10(11)13/h2-4,6-7,14H,5H2,1H3. The van der Waals surface area contributed by atoms with Gasteiger partial charge in [-0.1, -0.05) is 23.2 Å². The van der Waals surface area contributed by atoms with Crippen LogP contribution in [0.5, 0.6) is 0 Å². The maximum absolute atomic E-state index is 6.09. The van der Waals surface area contributed by atoms with Crippen LogP contribution in [0, 0.1) is 0 Å². The van der Waals surface area contributed by atoms with Gasteiger partial charge in [-0.2, -0.15) is 5.10 Å². The highest BCUT2D eigenvalue weighted by Gasteiger charge is 2.05. The minimum atomic E-state index is 0.589. The predicted octanol–water partition coefficient (Wildman–Crippen LogP) is 2.90. The van der Waals surface area contributed by atoms with Crippen molar-refractivity contribution in [3.8, 4) is 5.69 Å². The first-order chi connectivity index (χ1) is 7.70. The van der Waals surface area contributed by atoms with E-state index < -0.39 is 0 Å². The van der Waals surface area contributed by atoms with Gasteiger partial charge in [-0.05, 0) is 25.2 Å². The second kappa shape index (κ2) is 4.87. The molecule has 84 valence electrons. The summed E-state index contributed by atoms with van der Waals surface area (Å²) < 4.78 is 1.74. The van der Waals surface area contributed by atoms with Gasteiger partial charge < -0.3 is 5.32 Å². The monoisotopic (exact) mass is 255 g/mol. The van der Waals surface area contributed by atoms with Gasteiger partial charge >= 0.3 is 0 Å². The van der Waals surface area contributed by atoms with Gasteiger partial charge in [0.25, 0.3) is 0 Å². The van der Waals surface area contributed by atoms with Gasteiger partial charge in [-0.15, -0.1) is 0 Å². The first kappa shape index (κ1) is 11.5. The number of benzene rings is 1. The van der Waals surface area contributed by atoms with E-state index in [2.05, 4.69) is 10.4 Å². The van der Waals surface area contributed by atoms with Crippen molar-refractivity contribution in [3.63, 3.8) is 0 Å². The maximum atomic E-state index is 6.09. The van der Waals surface area contributed by atoms with Crippen LogP contribution in [-0.4, -0.2) is 16.8 Å². The highest BCUT2D eigenvalue weighted by molar-refractivity contribution is 6.35. The maximum Gasteiger partial charge on any atom is 0.0832 e. The molecule has 1 heterocycles. The highest BCUT2D eigenvalue weighted by Crippen LogP contribution is 2.23. The summed E-state index contributed by atoms with van der Waals surface area (Å²) in [5.41, 5.74) is 1.93. The molecule has 16 heavy (non-hydrogen) atoms. The summed E-state index contributed by atoms with van der Waals surface area (Å²) in [6.07, 6.45) is 3.74. The van der Waals surface area contributed by atoms with E-state index >= 15 is 0 Å². The fourth-order valence-corrected chi connectivity index (χ4v) is 1.95. The molecule has 0 fully saturated rings. The Labute approximate surface area is 104 Å². The smallest absolute Gasteiger partial charge is 0.0832 e. The molecule has 0 aliphatic heterocycles. The lowest BCUT2D eigenvalue weighted by Crippen LogP contribution is -2.03. The molecular weight excluding hydrogens is 245 g/mol. The van der Waals surface area contributed by atoms with Gasteiger partial charge in [-0.25, -0.2) is 4.68 Å². The first-order valence-electron chi connectivity index (χ1n) is 4.84. The number of nitrogens with one attached hydrogen (secondary N) is 1. The molecule has 0 atom stereocenters. The highest BCUT2D eigenvalue weighted by atomic mass is 35.5. The molecule has 0 spiro atoms. The summed E-state index contributed by atoms with van der Waals surface area (Å²) >= 11 is 11.9. The van der Waals surface area contributed by atoms with Crippen LogP contribution in [0.3, 0.4) is 0 Å². The van der Waals surface area contributed by atoms with Crippen molar-refractivity contribution in [3.05, 3.63) is 46.2 Å². The second-order valence-corrected chi connectivity index (χ2v) is 4.26. The van der Waals surface area contributed by atoms with Gasteiger partial charge in [-0.3, -0.25) is 0 Å². The molecule has 2 aromatic rings. The SMILES string of the molecule is CNCc1cnn(-c2ccc(Cl)cc2Cl)c1. The van der Waals surface area contributed by atoms with E-state index in [1.54, 1.807) is 23.0 Å². The summed E-state index contributed by atoms with van der Waals surface area (Å²) in [6.45, 7) is 0.783. The van der Waals surface area contributed by atoms with Crippen LogP contribution in [0.15, 0.2) is 30.6 Å². The zero-order valence-electron chi connectivity index (χ0n) is 8.74. The predicted molar refractivity (Wildman–Crippen MR) is 66.3 cm³/mol. The molecule has 0 aliphatic rings. The third-order valence-electron chi connectivity index (χ3n) is 2.17. The Morgan fingerprint density at radius 1 is 1.38 bits per heavy atom. The van der Waals surface area contributed by atoms with Crippen LogP contribution in [0.1, 0.15) is 5.56 Å². The molecule has 0 amide bonds. The Kier molecular flexibility index (Phi) is 3.49. The van der Waals surface area contributed by atoms with Crippen LogP contribution in [-0.2, 0) is 6.54 Å². The molecular formula is C11H11Cl2N3. The topological polar surface area (TPSA) is 29.9 Å². The lowest BCUT2D eigenvalue weighted by molar-refractivity contribution is 0.816. The number of nitrogens with zero attached hydrogens (tertiary/aromatic N) is 2. The van der Waals surface area contributed by atoms with Crippen molar-refractivity contribution in [2.24, 2.45) is 0 Å². The largest absolute Gasteiger partial charge is 0.316 e. The fraction of sp³-hybridized carbons (Fsp3) is 0.182. The molecule has 0 bridgehead atoms. The minimum absolute atomic E-state index is 0.589. The second-order valence-electron chi connectivity index (χ2n) is 3.42. The number of aromatic nitrogens is 2. The molecule has 0 radical (unpaired) electrons. The zero-order valence-corrected chi connectivity index (χ0v) is 10.3. The third kappa shape index (κ3) is 2.38. The Morgan fingerprint density at radius 3 is 2.88 bits per heavy atom. The van der Waals surface area contributed by atoms with E-state index in [0.717, 1.165) is 17.8 Å². The Hall–Kier alpha value is -1.03. The molecule has 2 rings (SSSR count). The Morgan fingerprint density at radius 2 is 2.19 bits per heavy atom. The van der Waals surface area contributed by atoms with Crippen molar-refractivity contribution in [1.82, 2.24) is 15.1 Å². The molecule has 1 N–H and O–H groups in total. The summed E-state index contributed by atoms with van der Waals surface area (Å²) in [5.74, 6) is 0. The quantitative estimate of drug-likeness (QED) is 0.915. The lowest BCUT2D eigenvalue weighted by atomic mass is 10.3. The number of rotatable bonds is 3. The van der Waals surface area contributed by atoms with Crippen molar-refractivity contribution in [2.75, 3.05) is 7.05 Å². The van der Waals surface area contributed by atoms with E-state index in [0.29, 0.717) is 10.0 Å². The van der Waals surface area contributed by atoms with Crippen LogP contribution in [0.25, 0.3) is 5.69 Å². The molecule has 0 saturated carbocycles. The van der Waals surface area contributed by atoms with E-state index in [4.69, 9.17) is 23.2 Å². The van der Waals surface area contributed by atoms with Crippen molar-refractivity contribution in [1.29, 1.82) is 0 Å². The minimum Gasteiger partial charge on any atom is -0.316 e. The van der Waals surface area contributed by atoms with Crippen LogP contribution in [0.4, 0.5) is 0 Å². The van der Waals surface area contributed by atoms with Crippen molar-refractivity contribution >= 4 is 23.2 Å². The number of halogens is 2. The third-order valence-corrected chi connectivity index (χ3v) is 2.71. The van der Waals surface area contributed by atoms with Crippen molar-refractivity contribution < 1.29 is 0 Å². The summed E-state index contributed by atoms with van der Waals surface area (Å²) in [4.78, 5) is 0. The first-order valence-corrected chi connectivity index (χ1v) is 5.60. The fourth-order valence-electron chi connectivity index (χ4n) is 1.45.